The Bertz CT molecular complexity index is 832. The molecule has 10 heteroatoms. The highest BCUT2D eigenvalue weighted by Crippen LogP contribution is 2.27. The summed E-state index contributed by atoms with van der Waals surface area (Å²) in [5.74, 6) is 1.98. The van der Waals surface area contributed by atoms with Gasteiger partial charge in [-0.05, 0) is 35.4 Å². The largest absolute Gasteiger partial charge is 0.493 e. The Morgan fingerprint density at radius 2 is 1.57 bits per heavy atom. The quantitative estimate of drug-likeness (QED) is 0.300. The van der Waals surface area contributed by atoms with Gasteiger partial charge in [0.05, 0.1) is 14.2 Å². The maximum absolute atomic E-state index is 12.3. The molecule has 30 heavy (non-hydrogen) atoms. The third-order valence-electron chi connectivity index (χ3n) is 3.89. The number of methoxy groups -OCH3 is 2. The molecule has 0 amide bonds. The third-order valence-corrected chi connectivity index (χ3v) is 3.89. The van der Waals surface area contributed by atoms with E-state index in [1.165, 1.54) is 6.07 Å². The lowest BCUT2D eigenvalue weighted by Crippen LogP contribution is -2.36. The van der Waals surface area contributed by atoms with Crippen molar-refractivity contribution < 1.29 is 27.4 Å². The Morgan fingerprint density at radius 1 is 0.933 bits per heavy atom. The van der Waals surface area contributed by atoms with Crippen molar-refractivity contribution >= 4 is 29.9 Å². The zero-order chi connectivity index (χ0) is 21.3. The zero-order valence-electron chi connectivity index (χ0n) is 16.9. The van der Waals surface area contributed by atoms with Crippen LogP contribution in [-0.2, 0) is 13.1 Å². The summed E-state index contributed by atoms with van der Waals surface area (Å²) in [6.45, 7) is -0.456. The molecule has 0 bridgehead atoms. The van der Waals surface area contributed by atoms with E-state index in [9.17, 15) is 13.2 Å². The number of nitrogens with one attached hydrogen (secondary N) is 2. The first-order valence-electron chi connectivity index (χ1n) is 8.78. The number of hydrogen-bond donors (Lipinski definition) is 2. The highest BCUT2D eigenvalue weighted by Gasteiger charge is 2.28. The Morgan fingerprint density at radius 3 is 2.13 bits per heavy atom. The van der Waals surface area contributed by atoms with E-state index in [1.807, 2.05) is 18.2 Å². The van der Waals surface area contributed by atoms with Crippen molar-refractivity contribution in [1.82, 2.24) is 10.6 Å². The van der Waals surface area contributed by atoms with E-state index < -0.39 is 12.8 Å². The number of rotatable bonds is 8. The first-order valence-corrected chi connectivity index (χ1v) is 8.78. The van der Waals surface area contributed by atoms with E-state index in [2.05, 4.69) is 15.6 Å². The highest BCUT2D eigenvalue weighted by atomic mass is 127. The molecule has 0 fully saturated rings. The van der Waals surface area contributed by atoms with Crippen LogP contribution >= 0.6 is 24.0 Å². The van der Waals surface area contributed by atoms with Crippen LogP contribution in [0.25, 0.3) is 0 Å². The smallest absolute Gasteiger partial charge is 0.422 e. The molecule has 2 N–H and O–H groups in total. The minimum Gasteiger partial charge on any atom is -0.493 e. The topological polar surface area (TPSA) is 64.1 Å². The van der Waals surface area contributed by atoms with Gasteiger partial charge in [0.25, 0.3) is 0 Å². The Labute approximate surface area is 190 Å². The second kappa shape index (κ2) is 12.4. The summed E-state index contributed by atoms with van der Waals surface area (Å²) in [6.07, 6.45) is -4.37. The van der Waals surface area contributed by atoms with Crippen LogP contribution in [0.5, 0.6) is 17.2 Å². The normalized spacial score (nSPS) is 11.3. The van der Waals surface area contributed by atoms with Gasteiger partial charge in [-0.25, -0.2) is 0 Å². The fraction of sp³-hybridized carbons (Fsp3) is 0.350. The van der Waals surface area contributed by atoms with Crippen LogP contribution in [0.4, 0.5) is 13.2 Å². The number of guanidine groups is 1. The van der Waals surface area contributed by atoms with Crippen LogP contribution in [0.2, 0.25) is 0 Å². The summed E-state index contributed by atoms with van der Waals surface area (Å²) in [5.41, 5.74) is 1.73. The van der Waals surface area contributed by atoms with E-state index in [0.717, 1.165) is 11.1 Å². The van der Waals surface area contributed by atoms with Gasteiger partial charge in [0.1, 0.15) is 5.75 Å². The number of alkyl halides is 3. The van der Waals surface area contributed by atoms with Crippen molar-refractivity contribution in [2.24, 2.45) is 4.99 Å². The van der Waals surface area contributed by atoms with Crippen LogP contribution in [0.3, 0.4) is 0 Å². The van der Waals surface area contributed by atoms with E-state index in [1.54, 1.807) is 39.5 Å². The molecule has 0 saturated heterocycles. The number of halogens is 4. The molecule has 0 aliphatic carbocycles. The van der Waals surface area contributed by atoms with E-state index in [0.29, 0.717) is 30.5 Å². The SMILES string of the molecule is CN=C(NCc1cccc(OCC(F)(F)F)c1)NCc1ccc(OC)c(OC)c1.I. The van der Waals surface area contributed by atoms with Crippen LogP contribution in [-0.4, -0.2) is 40.0 Å². The molecule has 0 aliphatic heterocycles. The molecule has 2 aromatic carbocycles. The maximum atomic E-state index is 12.3. The van der Waals surface area contributed by atoms with E-state index in [-0.39, 0.29) is 29.7 Å². The summed E-state index contributed by atoms with van der Waals surface area (Å²) < 4.78 is 52.1. The summed E-state index contributed by atoms with van der Waals surface area (Å²) in [7, 11) is 4.78. The van der Waals surface area contributed by atoms with Crippen molar-refractivity contribution in [3.63, 3.8) is 0 Å². The molecule has 0 aromatic heterocycles. The summed E-state index contributed by atoms with van der Waals surface area (Å²) in [4.78, 5) is 4.14. The Hall–Kier alpha value is -2.37. The molecule has 0 aliphatic rings. The minimum atomic E-state index is -4.37. The monoisotopic (exact) mass is 539 g/mol. The number of benzene rings is 2. The van der Waals surface area contributed by atoms with Crippen molar-refractivity contribution in [2.75, 3.05) is 27.9 Å². The number of ether oxygens (including phenoxy) is 3. The molecule has 0 radical (unpaired) electrons. The van der Waals surface area contributed by atoms with Gasteiger partial charge in [-0.1, -0.05) is 18.2 Å². The highest BCUT2D eigenvalue weighted by molar-refractivity contribution is 14.0. The fourth-order valence-electron chi connectivity index (χ4n) is 2.49. The van der Waals surface area contributed by atoms with Crippen LogP contribution < -0.4 is 24.8 Å². The van der Waals surface area contributed by atoms with Gasteiger partial charge < -0.3 is 24.8 Å². The number of aliphatic imine (C=N–C) groups is 1. The Balaban J connectivity index is 0.00000450. The second-order valence-electron chi connectivity index (χ2n) is 6.02. The third kappa shape index (κ3) is 8.56. The van der Waals surface area contributed by atoms with Gasteiger partial charge in [-0.2, -0.15) is 13.2 Å². The molecule has 0 unspecified atom stereocenters. The van der Waals surface area contributed by atoms with Gasteiger partial charge in [0, 0.05) is 20.1 Å². The lowest BCUT2D eigenvalue weighted by molar-refractivity contribution is -0.153. The molecule has 0 heterocycles. The molecule has 0 spiro atoms. The number of hydrogen-bond acceptors (Lipinski definition) is 4. The van der Waals surface area contributed by atoms with Gasteiger partial charge in [-0.3, -0.25) is 4.99 Å². The van der Waals surface area contributed by atoms with Gasteiger partial charge in [-0.15, -0.1) is 24.0 Å². The molecule has 2 rings (SSSR count). The lowest BCUT2D eigenvalue weighted by atomic mass is 10.2. The van der Waals surface area contributed by atoms with Gasteiger partial charge in [0.2, 0.25) is 0 Å². The summed E-state index contributed by atoms with van der Waals surface area (Å²) >= 11 is 0. The van der Waals surface area contributed by atoms with Crippen molar-refractivity contribution in [1.29, 1.82) is 0 Å². The lowest BCUT2D eigenvalue weighted by Gasteiger charge is -2.14. The minimum absolute atomic E-state index is 0. The fourth-order valence-corrected chi connectivity index (χ4v) is 2.49. The van der Waals surface area contributed by atoms with Gasteiger partial charge >= 0.3 is 6.18 Å². The standard InChI is InChI=1S/C20H24F3N3O3.HI/c1-24-19(26-12-15-7-8-17(27-2)18(10-15)28-3)25-11-14-5-4-6-16(9-14)29-13-20(21,22)23;/h4-10H,11-13H2,1-3H3,(H2,24,25,26);1H. The first-order chi connectivity index (χ1) is 13.8. The summed E-state index contributed by atoms with van der Waals surface area (Å²) in [5, 5.41) is 6.28. The molecular weight excluding hydrogens is 514 g/mol. The van der Waals surface area contributed by atoms with Crippen molar-refractivity contribution in [3.8, 4) is 17.2 Å². The predicted molar refractivity (Wildman–Crippen MR) is 120 cm³/mol. The molecule has 166 valence electrons. The summed E-state index contributed by atoms with van der Waals surface area (Å²) in [6, 6.07) is 12.1. The average molecular weight is 539 g/mol. The van der Waals surface area contributed by atoms with Crippen LogP contribution in [0, 0.1) is 0 Å². The molecule has 2 aromatic rings. The Kier molecular flexibility index (Phi) is 10.6. The molecule has 0 saturated carbocycles. The predicted octanol–water partition coefficient (Wildman–Crippen LogP) is 4.13. The average Bonchev–Trinajstić information content (AvgIpc) is 2.72. The zero-order valence-corrected chi connectivity index (χ0v) is 19.2. The van der Waals surface area contributed by atoms with E-state index >= 15 is 0 Å². The van der Waals surface area contributed by atoms with Crippen LogP contribution in [0.15, 0.2) is 47.5 Å². The van der Waals surface area contributed by atoms with Crippen molar-refractivity contribution in [2.45, 2.75) is 19.3 Å². The van der Waals surface area contributed by atoms with Crippen molar-refractivity contribution in [3.05, 3.63) is 53.6 Å². The number of nitrogens with zero attached hydrogens (tertiary/aromatic N) is 1. The van der Waals surface area contributed by atoms with E-state index in [4.69, 9.17) is 14.2 Å². The maximum Gasteiger partial charge on any atom is 0.422 e. The molecule has 0 atom stereocenters. The molecular formula is C20H25F3IN3O3. The first kappa shape index (κ1) is 25.7. The van der Waals surface area contributed by atoms with Gasteiger partial charge in [0.15, 0.2) is 24.1 Å². The second-order valence-corrected chi connectivity index (χ2v) is 6.02. The van der Waals surface area contributed by atoms with Crippen LogP contribution in [0.1, 0.15) is 11.1 Å². The molecule has 6 nitrogen and oxygen atoms in total.